The quantitative estimate of drug-likeness (QED) is 0.707. The van der Waals surface area contributed by atoms with Crippen LogP contribution in [0, 0.1) is 6.92 Å². The number of hydrogen-bond donors (Lipinski definition) is 0. The summed E-state index contributed by atoms with van der Waals surface area (Å²) in [6.07, 6.45) is 0.349. The van der Waals surface area contributed by atoms with Crippen LogP contribution in [0.2, 0.25) is 5.02 Å². The number of halogens is 1. The number of nitrogens with zero attached hydrogens (tertiary/aromatic N) is 3. The normalized spacial score (nSPS) is 17.3. The van der Waals surface area contributed by atoms with Gasteiger partial charge in [0.25, 0.3) is 0 Å². The number of aromatic nitrogens is 2. The zero-order chi connectivity index (χ0) is 17.4. The molecule has 126 valence electrons. The maximum absolute atomic E-state index is 12.4. The summed E-state index contributed by atoms with van der Waals surface area (Å²) in [6.45, 7) is 2.51. The molecule has 0 bridgehead atoms. The van der Waals surface area contributed by atoms with Gasteiger partial charge in [0.15, 0.2) is 0 Å². The van der Waals surface area contributed by atoms with Crippen molar-refractivity contribution in [1.29, 1.82) is 0 Å². The largest absolute Gasteiger partial charge is 0.339 e. The molecule has 4 rings (SSSR count). The molecule has 6 heteroatoms. The van der Waals surface area contributed by atoms with E-state index in [1.165, 1.54) is 0 Å². The zero-order valence-corrected chi connectivity index (χ0v) is 14.4. The monoisotopic (exact) mass is 353 g/mol. The lowest BCUT2D eigenvalue weighted by Gasteiger charge is -2.16. The van der Waals surface area contributed by atoms with Crippen molar-refractivity contribution in [2.24, 2.45) is 0 Å². The molecule has 25 heavy (non-hydrogen) atoms. The molecular formula is C19H16ClN3O2. The minimum Gasteiger partial charge on any atom is -0.339 e. The number of anilines is 1. The Hall–Kier alpha value is -2.66. The first-order valence-electron chi connectivity index (χ1n) is 8.07. The summed E-state index contributed by atoms with van der Waals surface area (Å²) < 4.78 is 5.45. The van der Waals surface area contributed by atoms with E-state index in [0.29, 0.717) is 29.7 Å². The van der Waals surface area contributed by atoms with Crippen LogP contribution in [0.4, 0.5) is 5.69 Å². The summed E-state index contributed by atoms with van der Waals surface area (Å²) in [7, 11) is 0. The molecule has 1 saturated heterocycles. The third kappa shape index (κ3) is 3.03. The van der Waals surface area contributed by atoms with Crippen molar-refractivity contribution in [2.75, 3.05) is 11.4 Å². The van der Waals surface area contributed by atoms with Gasteiger partial charge >= 0.3 is 0 Å². The van der Waals surface area contributed by atoms with Crippen LogP contribution >= 0.6 is 11.6 Å². The molecule has 1 aliphatic rings. The highest BCUT2D eigenvalue weighted by atomic mass is 35.5. The van der Waals surface area contributed by atoms with Crippen LogP contribution in [-0.4, -0.2) is 22.6 Å². The SMILES string of the molecule is Cc1ccccc1-c1noc([C@@H]2CC(=O)N(c3cccc(Cl)c3)C2)n1. The van der Waals surface area contributed by atoms with Gasteiger partial charge < -0.3 is 9.42 Å². The molecule has 1 aliphatic heterocycles. The van der Waals surface area contributed by atoms with Crippen LogP contribution in [0.5, 0.6) is 0 Å². The topological polar surface area (TPSA) is 59.2 Å². The smallest absolute Gasteiger partial charge is 0.232 e. The number of amides is 1. The van der Waals surface area contributed by atoms with Crippen molar-refractivity contribution in [1.82, 2.24) is 10.1 Å². The first kappa shape index (κ1) is 15.8. The third-order valence-corrected chi connectivity index (χ3v) is 4.66. The van der Waals surface area contributed by atoms with Gasteiger partial charge in [0.1, 0.15) is 0 Å². The minimum absolute atomic E-state index is 0.0305. The van der Waals surface area contributed by atoms with Crippen LogP contribution in [0.25, 0.3) is 11.4 Å². The molecule has 0 saturated carbocycles. The molecule has 1 atom stereocenters. The average molecular weight is 354 g/mol. The van der Waals surface area contributed by atoms with Gasteiger partial charge in [-0.1, -0.05) is 47.1 Å². The molecule has 0 spiro atoms. The van der Waals surface area contributed by atoms with Crippen LogP contribution in [0.15, 0.2) is 53.1 Å². The number of rotatable bonds is 3. The Morgan fingerprint density at radius 3 is 2.84 bits per heavy atom. The molecule has 0 aliphatic carbocycles. The van der Waals surface area contributed by atoms with Gasteiger partial charge in [-0.25, -0.2) is 0 Å². The van der Waals surface area contributed by atoms with Crippen molar-refractivity contribution in [3.63, 3.8) is 0 Å². The van der Waals surface area contributed by atoms with E-state index in [1.807, 2.05) is 43.3 Å². The van der Waals surface area contributed by atoms with Crippen LogP contribution in [-0.2, 0) is 4.79 Å². The first-order chi connectivity index (χ1) is 12.1. The van der Waals surface area contributed by atoms with E-state index in [1.54, 1.807) is 17.0 Å². The molecule has 2 aromatic carbocycles. The van der Waals surface area contributed by atoms with Crippen molar-refractivity contribution < 1.29 is 9.32 Å². The van der Waals surface area contributed by atoms with E-state index in [4.69, 9.17) is 16.1 Å². The molecule has 1 fully saturated rings. The summed E-state index contributed by atoms with van der Waals surface area (Å²) in [5.74, 6) is 0.970. The summed E-state index contributed by atoms with van der Waals surface area (Å²) >= 11 is 6.03. The predicted octanol–water partition coefficient (Wildman–Crippen LogP) is 4.22. The predicted molar refractivity (Wildman–Crippen MR) is 95.6 cm³/mol. The molecule has 5 nitrogen and oxygen atoms in total. The Bertz CT molecular complexity index is 938. The Kier molecular flexibility index (Phi) is 4.01. The second-order valence-corrected chi connectivity index (χ2v) is 6.59. The maximum Gasteiger partial charge on any atom is 0.232 e. The molecule has 0 radical (unpaired) electrons. The summed E-state index contributed by atoms with van der Waals surface area (Å²) in [5.41, 5.74) is 2.81. The van der Waals surface area contributed by atoms with E-state index in [0.717, 1.165) is 16.8 Å². The highest BCUT2D eigenvalue weighted by Crippen LogP contribution is 2.33. The van der Waals surface area contributed by atoms with Gasteiger partial charge in [-0.2, -0.15) is 4.98 Å². The summed E-state index contributed by atoms with van der Waals surface area (Å²) in [4.78, 5) is 18.6. The van der Waals surface area contributed by atoms with Gasteiger partial charge in [0.05, 0.1) is 5.92 Å². The van der Waals surface area contributed by atoms with Gasteiger partial charge in [-0.3, -0.25) is 4.79 Å². The number of carbonyl (C=O) groups is 1. The van der Waals surface area contributed by atoms with E-state index >= 15 is 0 Å². The summed E-state index contributed by atoms with van der Waals surface area (Å²) in [5, 5.41) is 4.70. The standard InChI is InChI=1S/C19H16ClN3O2/c1-12-5-2-3-8-16(12)18-21-19(25-22-18)13-9-17(24)23(11-13)15-7-4-6-14(20)10-15/h2-8,10,13H,9,11H2,1H3/t13-/m1/s1. The average Bonchev–Trinajstić information content (AvgIpc) is 3.22. The molecule has 3 aromatic rings. The van der Waals surface area contributed by atoms with Crippen molar-refractivity contribution in [3.05, 3.63) is 65.0 Å². The number of carbonyl (C=O) groups excluding carboxylic acids is 1. The number of hydrogen-bond acceptors (Lipinski definition) is 4. The van der Waals surface area contributed by atoms with Gasteiger partial charge in [0.2, 0.25) is 17.6 Å². The highest BCUT2D eigenvalue weighted by molar-refractivity contribution is 6.30. The fraction of sp³-hybridized carbons (Fsp3) is 0.211. The van der Waals surface area contributed by atoms with Gasteiger partial charge in [-0.15, -0.1) is 0 Å². The lowest BCUT2D eigenvalue weighted by molar-refractivity contribution is -0.117. The Balaban J connectivity index is 1.58. The van der Waals surface area contributed by atoms with E-state index in [9.17, 15) is 4.79 Å². The highest BCUT2D eigenvalue weighted by Gasteiger charge is 2.35. The lowest BCUT2D eigenvalue weighted by atomic mass is 10.1. The second-order valence-electron chi connectivity index (χ2n) is 6.16. The molecule has 0 N–H and O–H groups in total. The Morgan fingerprint density at radius 1 is 1.20 bits per heavy atom. The van der Waals surface area contributed by atoms with Gasteiger partial charge in [-0.05, 0) is 30.7 Å². The van der Waals surface area contributed by atoms with E-state index in [2.05, 4.69) is 10.1 Å². The Labute approximate surface area is 150 Å². The fourth-order valence-corrected chi connectivity index (χ4v) is 3.29. The molecule has 2 heterocycles. The van der Waals surface area contributed by atoms with Crippen molar-refractivity contribution >= 4 is 23.2 Å². The molecular weight excluding hydrogens is 338 g/mol. The van der Waals surface area contributed by atoms with Crippen LogP contribution in [0.3, 0.4) is 0 Å². The van der Waals surface area contributed by atoms with Crippen LogP contribution < -0.4 is 4.90 Å². The number of benzene rings is 2. The van der Waals surface area contributed by atoms with Gasteiger partial charge in [0, 0.05) is 29.2 Å². The molecule has 1 amide bonds. The minimum atomic E-state index is -0.114. The fourth-order valence-electron chi connectivity index (χ4n) is 3.10. The lowest BCUT2D eigenvalue weighted by Crippen LogP contribution is -2.24. The van der Waals surface area contributed by atoms with Crippen molar-refractivity contribution in [2.45, 2.75) is 19.3 Å². The first-order valence-corrected chi connectivity index (χ1v) is 8.45. The molecule has 0 unspecified atom stereocenters. The number of aryl methyl sites for hydroxylation is 1. The Morgan fingerprint density at radius 2 is 2.04 bits per heavy atom. The second kappa shape index (κ2) is 6.33. The summed E-state index contributed by atoms with van der Waals surface area (Å²) in [6, 6.07) is 15.2. The van der Waals surface area contributed by atoms with Crippen molar-refractivity contribution in [3.8, 4) is 11.4 Å². The van der Waals surface area contributed by atoms with E-state index in [-0.39, 0.29) is 11.8 Å². The van der Waals surface area contributed by atoms with Crippen LogP contribution in [0.1, 0.15) is 23.8 Å². The molecule has 1 aromatic heterocycles. The third-order valence-electron chi connectivity index (χ3n) is 4.42. The zero-order valence-electron chi connectivity index (χ0n) is 13.6. The maximum atomic E-state index is 12.4. The van der Waals surface area contributed by atoms with E-state index < -0.39 is 0 Å².